The Morgan fingerprint density at radius 1 is 0.706 bits per heavy atom. The molecule has 0 saturated carbocycles. The predicted molar refractivity (Wildman–Crippen MR) is 73.3 cm³/mol. The summed E-state index contributed by atoms with van der Waals surface area (Å²) >= 11 is 0. The van der Waals surface area contributed by atoms with Gasteiger partial charge in [0.15, 0.2) is 0 Å². The summed E-state index contributed by atoms with van der Waals surface area (Å²) in [7, 11) is 0. The van der Waals surface area contributed by atoms with E-state index in [0.29, 0.717) is 0 Å². The summed E-state index contributed by atoms with van der Waals surface area (Å²) in [6, 6.07) is 0. The molecular weight excluding hydrogens is 214 g/mol. The molecule has 5 nitrogen and oxygen atoms in total. The summed E-state index contributed by atoms with van der Waals surface area (Å²) in [6.07, 6.45) is 2.36. The van der Waals surface area contributed by atoms with Gasteiger partial charge in [0, 0.05) is 31.7 Å². The van der Waals surface area contributed by atoms with Gasteiger partial charge in [-0.05, 0) is 45.9 Å². The summed E-state index contributed by atoms with van der Waals surface area (Å²) in [5.74, 6) is 0. The smallest absolute Gasteiger partial charge is 0.0378 e. The van der Waals surface area contributed by atoms with Crippen LogP contribution >= 0.6 is 0 Å². The normalized spacial score (nSPS) is 31.4. The Labute approximate surface area is 105 Å². The van der Waals surface area contributed by atoms with Gasteiger partial charge in [-0.25, -0.2) is 0 Å². The molecule has 0 aromatic rings. The molecule has 0 spiro atoms. The van der Waals surface area contributed by atoms with Crippen molar-refractivity contribution < 1.29 is 0 Å². The molecule has 1 atom stereocenters. The zero-order valence-corrected chi connectivity index (χ0v) is 11.1. The third-order valence-electron chi connectivity index (χ3n) is 2.95. The van der Waals surface area contributed by atoms with Crippen molar-refractivity contribution in [3.8, 4) is 0 Å². The van der Waals surface area contributed by atoms with Crippen molar-refractivity contribution in [1.29, 1.82) is 0 Å². The van der Waals surface area contributed by atoms with Gasteiger partial charge in [-0.3, -0.25) is 0 Å². The molecule has 102 valence electrons. The standard InChI is InChI=1S/C12H29N5/c1-12(13)10-16-7-3-5-14-4-2-6-15-8-9-17-11-12/h14-17H,2-11,13H2,1H3. The Morgan fingerprint density at radius 3 is 1.76 bits per heavy atom. The van der Waals surface area contributed by atoms with Gasteiger partial charge in [0.2, 0.25) is 0 Å². The maximum atomic E-state index is 6.20. The van der Waals surface area contributed by atoms with Gasteiger partial charge in [-0.15, -0.1) is 0 Å². The lowest BCUT2D eigenvalue weighted by atomic mass is 10.0. The predicted octanol–water partition coefficient (Wildman–Crippen LogP) is -1.14. The Balaban J connectivity index is 2.22. The number of hydrogen-bond donors (Lipinski definition) is 5. The molecule has 1 rings (SSSR count). The molecule has 1 aliphatic heterocycles. The summed E-state index contributed by atoms with van der Waals surface area (Å²) < 4.78 is 0. The van der Waals surface area contributed by atoms with Crippen LogP contribution < -0.4 is 27.0 Å². The average molecular weight is 243 g/mol. The maximum absolute atomic E-state index is 6.20. The highest BCUT2D eigenvalue weighted by atomic mass is 15.0. The molecule has 5 heteroatoms. The molecule has 0 bridgehead atoms. The van der Waals surface area contributed by atoms with E-state index in [-0.39, 0.29) is 5.54 Å². The van der Waals surface area contributed by atoms with E-state index in [1.165, 1.54) is 6.42 Å². The zero-order chi connectivity index (χ0) is 12.4. The van der Waals surface area contributed by atoms with Crippen molar-refractivity contribution >= 4 is 0 Å². The highest BCUT2D eigenvalue weighted by Crippen LogP contribution is 1.94. The lowest BCUT2D eigenvalue weighted by molar-refractivity contribution is 0.399. The summed E-state index contributed by atoms with van der Waals surface area (Å²) in [5, 5.41) is 13.7. The first-order valence-electron chi connectivity index (χ1n) is 6.82. The Morgan fingerprint density at radius 2 is 1.12 bits per heavy atom. The van der Waals surface area contributed by atoms with E-state index in [2.05, 4.69) is 28.2 Å². The zero-order valence-electron chi connectivity index (χ0n) is 11.1. The van der Waals surface area contributed by atoms with Crippen molar-refractivity contribution in [3.63, 3.8) is 0 Å². The molecule has 0 amide bonds. The molecule has 6 N–H and O–H groups in total. The van der Waals surface area contributed by atoms with E-state index in [1.54, 1.807) is 0 Å². The van der Waals surface area contributed by atoms with Gasteiger partial charge in [0.25, 0.3) is 0 Å². The van der Waals surface area contributed by atoms with E-state index >= 15 is 0 Å². The lowest BCUT2D eigenvalue weighted by Gasteiger charge is -2.25. The molecule has 1 saturated heterocycles. The summed E-state index contributed by atoms with van der Waals surface area (Å²) in [4.78, 5) is 0. The molecule has 0 aromatic carbocycles. The fourth-order valence-corrected chi connectivity index (χ4v) is 1.91. The van der Waals surface area contributed by atoms with Crippen molar-refractivity contribution in [2.75, 3.05) is 52.4 Å². The van der Waals surface area contributed by atoms with Crippen LogP contribution in [-0.4, -0.2) is 57.9 Å². The monoisotopic (exact) mass is 243 g/mol. The van der Waals surface area contributed by atoms with Crippen LogP contribution in [0.2, 0.25) is 0 Å². The van der Waals surface area contributed by atoms with Crippen LogP contribution in [-0.2, 0) is 0 Å². The molecule has 1 heterocycles. The first-order chi connectivity index (χ1) is 8.21. The van der Waals surface area contributed by atoms with Crippen LogP contribution in [0.25, 0.3) is 0 Å². The van der Waals surface area contributed by atoms with Crippen LogP contribution in [0.5, 0.6) is 0 Å². The number of hydrogen-bond acceptors (Lipinski definition) is 5. The Hall–Kier alpha value is -0.200. The molecule has 1 aliphatic rings. The minimum absolute atomic E-state index is 0.159. The fraction of sp³-hybridized carbons (Fsp3) is 1.00. The van der Waals surface area contributed by atoms with Crippen LogP contribution in [0.15, 0.2) is 0 Å². The second-order valence-corrected chi connectivity index (χ2v) is 5.21. The van der Waals surface area contributed by atoms with Crippen LogP contribution in [0.3, 0.4) is 0 Å². The molecule has 0 aromatic heterocycles. The lowest BCUT2D eigenvalue weighted by Crippen LogP contribution is -2.53. The van der Waals surface area contributed by atoms with Crippen LogP contribution in [0, 0.1) is 0 Å². The summed E-state index contributed by atoms with van der Waals surface area (Å²) in [5.41, 5.74) is 6.04. The van der Waals surface area contributed by atoms with Gasteiger partial charge in [-0.2, -0.15) is 0 Å². The van der Waals surface area contributed by atoms with Crippen molar-refractivity contribution in [2.45, 2.75) is 25.3 Å². The second kappa shape index (κ2) is 8.83. The topological polar surface area (TPSA) is 74.1 Å². The Bertz CT molecular complexity index is 166. The third kappa shape index (κ3) is 8.51. The third-order valence-corrected chi connectivity index (χ3v) is 2.95. The molecule has 17 heavy (non-hydrogen) atoms. The molecule has 1 fully saturated rings. The number of rotatable bonds is 0. The van der Waals surface area contributed by atoms with Gasteiger partial charge in [0.05, 0.1) is 0 Å². The SMILES string of the molecule is CC1(N)CNCCCNCCCNCCNC1. The molecule has 0 aliphatic carbocycles. The van der Waals surface area contributed by atoms with Gasteiger partial charge >= 0.3 is 0 Å². The van der Waals surface area contributed by atoms with E-state index < -0.39 is 0 Å². The quantitative estimate of drug-likeness (QED) is 0.372. The van der Waals surface area contributed by atoms with E-state index in [0.717, 1.165) is 58.8 Å². The number of nitrogens with one attached hydrogen (secondary N) is 4. The summed E-state index contributed by atoms with van der Waals surface area (Å²) in [6.45, 7) is 10.2. The first-order valence-corrected chi connectivity index (χ1v) is 6.82. The second-order valence-electron chi connectivity index (χ2n) is 5.21. The minimum Gasteiger partial charge on any atom is -0.323 e. The van der Waals surface area contributed by atoms with Crippen LogP contribution in [0.1, 0.15) is 19.8 Å². The Kier molecular flexibility index (Phi) is 7.72. The van der Waals surface area contributed by atoms with E-state index in [9.17, 15) is 0 Å². The molecular formula is C12H29N5. The van der Waals surface area contributed by atoms with Gasteiger partial charge in [0.1, 0.15) is 0 Å². The van der Waals surface area contributed by atoms with Crippen molar-refractivity contribution in [3.05, 3.63) is 0 Å². The van der Waals surface area contributed by atoms with E-state index in [1.807, 2.05) is 0 Å². The number of nitrogens with two attached hydrogens (primary N) is 1. The minimum atomic E-state index is -0.159. The highest BCUT2D eigenvalue weighted by Gasteiger charge is 2.16. The van der Waals surface area contributed by atoms with Crippen LogP contribution in [0.4, 0.5) is 0 Å². The maximum Gasteiger partial charge on any atom is 0.0378 e. The fourth-order valence-electron chi connectivity index (χ4n) is 1.91. The first kappa shape index (κ1) is 14.9. The highest BCUT2D eigenvalue weighted by molar-refractivity contribution is 4.83. The van der Waals surface area contributed by atoms with Gasteiger partial charge in [-0.1, -0.05) is 0 Å². The van der Waals surface area contributed by atoms with Gasteiger partial charge < -0.3 is 27.0 Å². The molecule has 1 unspecified atom stereocenters. The van der Waals surface area contributed by atoms with Crippen molar-refractivity contribution in [2.24, 2.45) is 5.73 Å². The van der Waals surface area contributed by atoms with E-state index in [4.69, 9.17) is 5.73 Å². The molecule has 0 radical (unpaired) electrons. The largest absolute Gasteiger partial charge is 0.323 e. The van der Waals surface area contributed by atoms with Crippen molar-refractivity contribution in [1.82, 2.24) is 21.3 Å². The average Bonchev–Trinajstić information content (AvgIpc) is 2.29.